The van der Waals surface area contributed by atoms with Gasteiger partial charge in [0, 0.05) is 26.7 Å². The van der Waals surface area contributed by atoms with E-state index in [0.29, 0.717) is 12.6 Å². The summed E-state index contributed by atoms with van der Waals surface area (Å²) in [4.78, 5) is 0. The van der Waals surface area contributed by atoms with Crippen molar-refractivity contribution in [3.05, 3.63) is 35.9 Å². The third-order valence-electron chi connectivity index (χ3n) is 2.35. The highest BCUT2D eigenvalue weighted by Crippen LogP contribution is 2.04. The van der Waals surface area contributed by atoms with Crippen LogP contribution in [-0.2, 0) is 6.42 Å². The average Bonchev–Trinajstić information content (AvgIpc) is 2.25. The topological polar surface area (TPSA) is 41.3 Å². The molecule has 0 aliphatic heterocycles. The molecule has 0 fully saturated rings. The quantitative estimate of drug-likeness (QED) is 0.684. The van der Waals surface area contributed by atoms with Gasteiger partial charge >= 0.3 is 0 Å². The van der Waals surface area contributed by atoms with Gasteiger partial charge in [-0.1, -0.05) is 30.3 Å². The summed E-state index contributed by atoms with van der Waals surface area (Å²) in [5.41, 5.74) is 10.4. The Morgan fingerprint density at radius 1 is 1.27 bits per heavy atom. The fraction of sp³-hybridized carbons (Fsp3) is 0.500. The number of hydrazine groups is 1. The van der Waals surface area contributed by atoms with Gasteiger partial charge in [0.1, 0.15) is 0 Å². The van der Waals surface area contributed by atoms with Crippen molar-refractivity contribution in [2.45, 2.75) is 18.9 Å². The standard InChI is InChI=1S/C12H21N3/c1-15(2)14-12(10-13)9-8-11-6-4-3-5-7-11/h3-7,12,14H,8-10,13H2,1-2H3. The first-order valence-electron chi connectivity index (χ1n) is 5.40. The number of nitrogens with two attached hydrogens (primary N) is 1. The van der Waals surface area contributed by atoms with Gasteiger partial charge in [0.25, 0.3) is 0 Å². The van der Waals surface area contributed by atoms with E-state index in [0.717, 1.165) is 12.8 Å². The normalized spacial score (nSPS) is 13.1. The Kier molecular flexibility index (Phi) is 5.32. The van der Waals surface area contributed by atoms with Crippen molar-refractivity contribution in [3.8, 4) is 0 Å². The Hall–Kier alpha value is -0.900. The smallest absolute Gasteiger partial charge is 0.0340 e. The average molecular weight is 207 g/mol. The first-order chi connectivity index (χ1) is 7.22. The summed E-state index contributed by atoms with van der Waals surface area (Å²) in [6.45, 7) is 0.672. The van der Waals surface area contributed by atoms with Gasteiger partial charge in [0.05, 0.1) is 0 Å². The van der Waals surface area contributed by atoms with E-state index in [2.05, 4.69) is 29.7 Å². The molecule has 0 bridgehead atoms. The molecule has 0 aliphatic carbocycles. The SMILES string of the molecule is CN(C)NC(CN)CCc1ccccc1. The number of hydrogen-bond donors (Lipinski definition) is 2. The Labute approximate surface area is 92.2 Å². The molecule has 3 heteroatoms. The molecule has 1 atom stereocenters. The molecular weight excluding hydrogens is 186 g/mol. The first-order valence-corrected chi connectivity index (χ1v) is 5.40. The maximum absolute atomic E-state index is 5.70. The molecule has 1 unspecified atom stereocenters. The van der Waals surface area contributed by atoms with E-state index in [1.165, 1.54) is 5.56 Å². The minimum absolute atomic E-state index is 0.361. The van der Waals surface area contributed by atoms with E-state index in [1.807, 2.05) is 25.2 Å². The van der Waals surface area contributed by atoms with E-state index in [4.69, 9.17) is 5.73 Å². The van der Waals surface area contributed by atoms with Gasteiger partial charge in [-0.3, -0.25) is 10.4 Å². The number of rotatable bonds is 6. The molecule has 1 aromatic rings. The maximum atomic E-state index is 5.70. The molecule has 0 saturated heterocycles. The van der Waals surface area contributed by atoms with Gasteiger partial charge in [0.15, 0.2) is 0 Å². The van der Waals surface area contributed by atoms with Crippen molar-refractivity contribution >= 4 is 0 Å². The van der Waals surface area contributed by atoms with Crippen LogP contribution in [0.5, 0.6) is 0 Å². The van der Waals surface area contributed by atoms with Crippen LogP contribution in [0.4, 0.5) is 0 Å². The lowest BCUT2D eigenvalue weighted by Crippen LogP contribution is -2.44. The van der Waals surface area contributed by atoms with Crippen LogP contribution >= 0.6 is 0 Å². The van der Waals surface area contributed by atoms with E-state index in [-0.39, 0.29) is 0 Å². The summed E-state index contributed by atoms with van der Waals surface area (Å²) in [5.74, 6) is 0. The Balaban J connectivity index is 2.34. The largest absolute Gasteiger partial charge is 0.329 e. The van der Waals surface area contributed by atoms with Crippen LogP contribution in [0.3, 0.4) is 0 Å². The van der Waals surface area contributed by atoms with Gasteiger partial charge in [-0.2, -0.15) is 0 Å². The number of aryl methyl sites for hydroxylation is 1. The zero-order valence-corrected chi connectivity index (χ0v) is 9.61. The van der Waals surface area contributed by atoms with E-state index in [1.54, 1.807) is 0 Å². The predicted molar refractivity (Wildman–Crippen MR) is 64.4 cm³/mol. The highest BCUT2D eigenvalue weighted by molar-refractivity contribution is 5.14. The van der Waals surface area contributed by atoms with Gasteiger partial charge in [-0.25, -0.2) is 0 Å². The van der Waals surface area contributed by atoms with E-state index < -0.39 is 0 Å². The molecule has 1 aromatic carbocycles. The van der Waals surface area contributed by atoms with Crippen LogP contribution < -0.4 is 11.2 Å². The van der Waals surface area contributed by atoms with Crippen molar-refractivity contribution in [2.75, 3.05) is 20.6 Å². The van der Waals surface area contributed by atoms with Gasteiger partial charge in [-0.05, 0) is 18.4 Å². The fourth-order valence-electron chi connectivity index (χ4n) is 1.59. The Morgan fingerprint density at radius 2 is 1.93 bits per heavy atom. The van der Waals surface area contributed by atoms with Gasteiger partial charge in [0.2, 0.25) is 0 Å². The molecule has 0 heterocycles. The predicted octanol–water partition coefficient (Wildman–Crippen LogP) is 1.01. The van der Waals surface area contributed by atoms with Crippen LogP contribution in [0.15, 0.2) is 30.3 Å². The van der Waals surface area contributed by atoms with Crippen LogP contribution in [0.25, 0.3) is 0 Å². The summed E-state index contributed by atoms with van der Waals surface area (Å²) in [5, 5.41) is 1.96. The minimum atomic E-state index is 0.361. The second-order valence-electron chi connectivity index (χ2n) is 3.98. The Morgan fingerprint density at radius 3 is 2.47 bits per heavy atom. The summed E-state index contributed by atoms with van der Waals surface area (Å²) >= 11 is 0. The third-order valence-corrected chi connectivity index (χ3v) is 2.35. The highest BCUT2D eigenvalue weighted by atomic mass is 15.5. The number of hydrogen-bond acceptors (Lipinski definition) is 3. The second-order valence-corrected chi connectivity index (χ2v) is 3.98. The molecule has 0 aliphatic rings. The van der Waals surface area contributed by atoms with Crippen molar-refractivity contribution in [1.82, 2.24) is 10.4 Å². The monoisotopic (exact) mass is 207 g/mol. The summed E-state index contributed by atoms with van der Waals surface area (Å²) in [7, 11) is 3.98. The number of nitrogens with one attached hydrogen (secondary N) is 1. The van der Waals surface area contributed by atoms with Crippen LogP contribution in [0.2, 0.25) is 0 Å². The van der Waals surface area contributed by atoms with Gasteiger partial charge in [-0.15, -0.1) is 0 Å². The number of benzene rings is 1. The molecule has 0 saturated carbocycles. The molecule has 3 N–H and O–H groups in total. The molecule has 0 amide bonds. The van der Waals surface area contributed by atoms with Crippen LogP contribution in [0.1, 0.15) is 12.0 Å². The lowest BCUT2D eigenvalue weighted by Gasteiger charge is -2.21. The van der Waals surface area contributed by atoms with E-state index in [9.17, 15) is 0 Å². The molecule has 1 rings (SSSR count). The lowest BCUT2D eigenvalue weighted by atomic mass is 10.1. The zero-order chi connectivity index (χ0) is 11.1. The molecule has 0 spiro atoms. The van der Waals surface area contributed by atoms with Crippen LogP contribution in [-0.4, -0.2) is 31.7 Å². The van der Waals surface area contributed by atoms with Crippen molar-refractivity contribution in [1.29, 1.82) is 0 Å². The lowest BCUT2D eigenvalue weighted by molar-refractivity contribution is 0.237. The number of nitrogens with zero attached hydrogens (tertiary/aromatic N) is 1. The molecule has 0 radical (unpaired) electrons. The highest BCUT2D eigenvalue weighted by Gasteiger charge is 2.06. The molecule has 15 heavy (non-hydrogen) atoms. The zero-order valence-electron chi connectivity index (χ0n) is 9.61. The maximum Gasteiger partial charge on any atom is 0.0340 e. The summed E-state index contributed by atoms with van der Waals surface area (Å²) in [6, 6.07) is 10.9. The van der Waals surface area contributed by atoms with Gasteiger partial charge < -0.3 is 5.73 Å². The summed E-state index contributed by atoms with van der Waals surface area (Å²) < 4.78 is 0. The summed E-state index contributed by atoms with van der Waals surface area (Å²) in [6.07, 6.45) is 2.14. The molecule has 0 aromatic heterocycles. The Bertz CT molecular complexity index is 259. The molecular formula is C12H21N3. The van der Waals surface area contributed by atoms with Crippen molar-refractivity contribution in [2.24, 2.45) is 5.73 Å². The van der Waals surface area contributed by atoms with E-state index >= 15 is 0 Å². The second kappa shape index (κ2) is 6.56. The minimum Gasteiger partial charge on any atom is -0.329 e. The van der Waals surface area contributed by atoms with Crippen molar-refractivity contribution < 1.29 is 0 Å². The fourth-order valence-corrected chi connectivity index (χ4v) is 1.59. The molecule has 84 valence electrons. The first kappa shape index (κ1) is 12.2. The van der Waals surface area contributed by atoms with Crippen LogP contribution in [0, 0.1) is 0 Å². The third kappa shape index (κ3) is 4.93. The van der Waals surface area contributed by atoms with Crippen molar-refractivity contribution in [3.63, 3.8) is 0 Å². The molecule has 3 nitrogen and oxygen atoms in total.